The highest BCUT2D eigenvalue weighted by atomic mass is 28.4. The topological polar surface area (TPSA) is 78.6 Å². The molecule has 0 aliphatic carbocycles. The molecule has 0 aromatic rings. The van der Waals surface area contributed by atoms with Crippen LogP contribution in [-0.2, 0) is 18.4 Å². The van der Waals surface area contributed by atoms with E-state index in [9.17, 15) is 9.59 Å². The molecule has 0 saturated heterocycles. The summed E-state index contributed by atoms with van der Waals surface area (Å²) in [5.41, 5.74) is 5.26. The van der Waals surface area contributed by atoms with Gasteiger partial charge in [0.2, 0.25) is 0 Å². The molecule has 2 N–H and O–H groups in total. The fraction of sp³-hybridized carbons (Fsp3) is 0.750. The van der Waals surface area contributed by atoms with Crippen LogP contribution in [0.15, 0.2) is 0 Å². The standard InChI is InChI=1S/C8H17NO4Si/c1-5-14(6(2)9,12-7(3)10)13-8(4)11/h6H,5,9H2,1-4H3. The molecule has 0 bridgehead atoms. The zero-order valence-corrected chi connectivity index (χ0v) is 9.99. The first-order valence-corrected chi connectivity index (χ1v) is 6.59. The summed E-state index contributed by atoms with van der Waals surface area (Å²) in [7, 11) is -2.89. The monoisotopic (exact) mass is 219 g/mol. The highest BCUT2D eigenvalue weighted by Crippen LogP contribution is 2.17. The minimum Gasteiger partial charge on any atom is -0.484 e. The SMILES string of the molecule is CC[Si](OC(C)=O)(OC(C)=O)C(C)N. The Morgan fingerprint density at radius 2 is 1.64 bits per heavy atom. The maximum Gasteiger partial charge on any atom is 0.481 e. The summed E-state index contributed by atoms with van der Waals surface area (Å²) in [5, 5.41) is 0. The van der Waals surface area contributed by atoms with Gasteiger partial charge in [-0.25, -0.2) is 0 Å². The Morgan fingerprint density at radius 1 is 1.29 bits per heavy atom. The highest BCUT2D eigenvalue weighted by Gasteiger charge is 2.46. The number of nitrogens with two attached hydrogens (primary N) is 1. The van der Waals surface area contributed by atoms with Crippen LogP contribution in [-0.4, -0.2) is 26.2 Å². The van der Waals surface area contributed by atoms with Crippen molar-refractivity contribution in [3.63, 3.8) is 0 Å². The molecule has 0 aliphatic heterocycles. The number of hydrogen-bond donors (Lipinski definition) is 1. The Bertz CT molecular complexity index is 213. The lowest BCUT2D eigenvalue weighted by Gasteiger charge is -2.30. The van der Waals surface area contributed by atoms with Gasteiger partial charge in [-0.15, -0.1) is 0 Å². The summed E-state index contributed by atoms with van der Waals surface area (Å²) >= 11 is 0. The first kappa shape index (κ1) is 13.1. The second-order valence-electron chi connectivity index (χ2n) is 3.14. The van der Waals surface area contributed by atoms with Gasteiger partial charge in [0.25, 0.3) is 11.9 Å². The summed E-state index contributed by atoms with van der Waals surface area (Å²) in [4.78, 5) is 21.7. The predicted molar refractivity (Wildman–Crippen MR) is 53.4 cm³/mol. The van der Waals surface area contributed by atoms with Gasteiger partial charge in [0.15, 0.2) is 0 Å². The Hall–Kier alpha value is -0.883. The van der Waals surface area contributed by atoms with Crippen molar-refractivity contribution in [1.82, 2.24) is 0 Å². The number of carbonyl (C=O) groups excluding carboxylic acids is 2. The molecule has 0 fully saturated rings. The lowest BCUT2D eigenvalue weighted by Crippen LogP contribution is -2.57. The van der Waals surface area contributed by atoms with E-state index in [-0.39, 0.29) is 0 Å². The summed E-state index contributed by atoms with van der Waals surface area (Å²) in [6.45, 7) is 6.04. The Balaban J connectivity index is 4.77. The van der Waals surface area contributed by atoms with Crippen LogP contribution in [0, 0.1) is 0 Å². The van der Waals surface area contributed by atoms with Crippen molar-refractivity contribution < 1.29 is 18.4 Å². The highest BCUT2D eigenvalue weighted by molar-refractivity contribution is 6.71. The van der Waals surface area contributed by atoms with Gasteiger partial charge in [-0.2, -0.15) is 0 Å². The second kappa shape index (κ2) is 5.11. The third-order valence-electron chi connectivity index (χ3n) is 1.82. The van der Waals surface area contributed by atoms with Gasteiger partial charge < -0.3 is 14.6 Å². The lowest BCUT2D eigenvalue weighted by molar-refractivity contribution is -0.139. The minimum atomic E-state index is -2.89. The van der Waals surface area contributed by atoms with Crippen LogP contribution in [0.3, 0.4) is 0 Å². The maximum absolute atomic E-state index is 10.9. The molecule has 1 unspecified atom stereocenters. The van der Waals surface area contributed by atoms with E-state index in [0.29, 0.717) is 6.04 Å². The third kappa shape index (κ3) is 3.47. The largest absolute Gasteiger partial charge is 0.484 e. The van der Waals surface area contributed by atoms with Crippen molar-refractivity contribution in [2.75, 3.05) is 0 Å². The molecule has 0 amide bonds. The van der Waals surface area contributed by atoms with Crippen LogP contribution >= 0.6 is 0 Å². The van der Waals surface area contributed by atoms with E-state index < -0.39 is 26.2 Å². The first-order valence-electron chi connectivity index (χ1n) is 4.48. The van der Waals surface area contributed by atoms with Gasteiger partial charge in [0.05, 0.1) is 5.67 Å². The van der Waals surface area contributed by atoms with Crippen LogP contribution < -0.4 is 5.73 Å². The van der Waals surface area contributed by atoms with Crippen molar-refractivity contribution in [3.05, 3.63) is 0 Å². The molecule has 0 aliphatic rings. The average molecular weight is 219 g/mol. The van der Waals surface area contributed by atoms with E-state index in [4.69, 9.17) is 14.6 Å². The average Bonchev–Trinajstić information content (AvgIpc) is 2.00. The molecule has 0 aromatic carbocycles. The smallest absolute Gasteiger partial charge is 0.481 e. The molecular formula is C8H17NO4Si. The van der Waals surface area contributed by atoms with Crippen LogP contribution in [0.2, 0.25) is 6.04 Å². The molecule has 14 heavy (non-hydrogen) atoms. The summed E-state index contributed by atoms with van der Waals surface area (Å²) < 4.78 is 10.2. The van der Waals surface area contributed by atoms with Crippen molar-refractivity contribution in [2.45, 2.75) is 39.4 Å². The van der Waals surface area contributed by atoms with Crippen molar-refractivity contribution in [3.8, 4) is 0 Å². The van der Waals surface area contributed by atoms with E-state index in [1.165, 1.54) is 13.8 Å². The lowest BCUT2D eigenvalue weighted by atomic mass is 10.8. The molecule has 0 saturated carbocycles. The van der Waals surface area contributed by atoms with Gasteiger partial charge in [-0.1, -0.05) is 6.92 Å². The quantitative estimate of drug-likeness (QED) is 0.695. The predicted octanol–water partition coefficient (Wildman–Crippen LogP) is 0.461. The van der Waals surface area contributed by atoms with Gasteiger partial charge >= 0.3 is 8.56 Å². The van der Waals surface area contributed by atoms with Gasteiger partial charge in [-0.05, 0) is 6.92 Å². The molecule has 0 aromatic heterocycles. The van der Waals surface area contributed by atoms with E-state index in [0.717, 1.165) is 0 Å². The fourth-order valence-electron chi connectivity index (χ4n) is 1.16. The first-order chi connectivity index (χ1) is 6.34. The molecule has 0 heterocycles. The van der Waals surface area contributed by atoms with Crippen LogP contribution in [0.4, 0.5) is 0 Å². The molecule has 82 valence electrons. The fourth-order valence-corrected chi connectivity index (χ4v) is 3.48. The molecule has 5 nitrogen and oxygen atoms in total. The molecule has 0 rings (SSSR count). The van der Waals surface area contributed by atoms with Gasteiger partial charge in [0.1, 0.15) is 0 Å². The maximum atomic E-state index is 10.9. The minimum absolute atomic E-state index is 0.430. The molecule has 0 radical (unpaired) electrons. The molecule has 1 atom stereocenters. The number of rotatable bonds is 4. The van der Waals surface area contributed by atoms with Crippen LogP contribution in [0.25, 0.3) is 0 Å². The number of hydrogen-bond acceptors (Lipinski definition) is 5. The van der Waals surface area contributed by atoms with Crippen LogP contribution in [0.5, 0.6) is 0 Å². The Kier molecular flexibility index (Phi) is 4.79. The summed E-state index contributed by atoms with van der Waals surface area (Å²) in [6.07, 6.45) is 0. The summed E-state index contributed by atoms with van der Waals surface area (Å²) in [6, 6.07) is 0.462. The Labute approximate surface area is 84.8 Å². The van der Waals surface area contributed by atoms with Crippen molar-refractivity contribution in [2.24, 2.45) is 5.73 Å². The Morgan fingerprint density at radius 3 is 1.79 bits per heavy atom. The van der Waals surface area contributed by atoms with Gasteiger partial charge in [0, 0.05) is 19.9 Å². The van der Waals surface area contributed by atoms with Crippen molar-refractivity contribution >= 4 is 20.5 Å². The van der Waals surface area contributed by atoms with E-state index in [2.05, 4.69) is 0 Å². The zero-order valence-electron chi connectivity index (χ0n) is 8.99. The second-order valence-corrected chi connectivity index (χ2v) is 6.79. The van der Waals surface area contributed by atoms with E-state index in [1.54, 1.807) is 13.8 Å². The van der Waals surface area contributed by atoms with E-state index >= 15 is 0 Å². The van der Waals surface area contributed by atoms with Crippen LogP contribution in [0.1, 0.15) is 27.7 Å². The normalized spacial score (nSPS) is 13.2. The third-order valence-corrected chi connectivity index (χ3v) is 5.46. The van der Waals surface area contributed by atoms with E-state index in [1.807, 2.05) is 0 Å². The summed E-state index contributed by atoms with van der Waals surface area (Å²) in [5.74, 6) is -0.922. The zero-order chi connectivity index (χ0) is 11.4. The molecule has 0 spiro atoms. The van der Waals surface area contributed by atoms with Gasteiger partial charge in [-0.3, -0.25) is 9.59 Å². The molecular weight excluding hydrogens is 202 g/mol. The van der Waals surface area contributed by atoms with Crippen molar-refractivity contribution in [1.29, 1.82) is 0 Å². The molecule has 6 heteroatoms. The number of carbonyl (C=O) groups is 2.